The SMILES string of the molecule is O=C(CCCOc1ccc2c(c1)CCC(=O)N2)Nc1ncc(Cc2ccc(F)cc2)s1. The molecule has 8 heteroatoms. The Bertz CT molecular complexity index is 1080. The molecule has 2 heterocycles. The van der Waals surface area contributed by atoms with Crippen LogP contribution in [-0.2, 0) is 22.4 Å². The summed E-state index contributed by atoms with van der Waals surface area (Å²) in [4.78, 5) is 28.8. The topological polar surface area (TPSA) is 80.3 Å². The van der Waals surface area contributed by atoms with Gasteiger partial charge in [-0.25, -0.2) is 9.37 Å². The number of rotatable bonds is 8. The molecular formula is C23H22FN3O3S. The molecule has 2 N–H and O–H groups in total. The second-order valence-corrected chi connectivity index (χ2v) is 8.42. The lowest BCUT2D eigenvalue weighted by atomic mass is 10.0. The third-order valence-corrected chi connectivity index (χ3v) is 5.79. The fraction of sp³-hybridized carbons (Fsp3) is 0.261. The van der Waals surface area contributed by atoms with E-state index < -0.39 is 0 Å². The molecule has 3 aromatic rings. The molecule has 0 fully saturated rings. The highest BCUT2D eigenvalue weighted by Gasteiger charge is 2.15. The predicted molar refractivity (Wildman–Crippen MR) is 118 cm³/mol. The van der Waals surface area contributed by atoms with Crippen LogP contribution in [0.2, 0.25) is 0 Å². The lowest BCUT2D eigenvalue weighted by Gasteiger charge is -2.17. The van der Waals surface area contributed by atoms with Gasteiger partial charge in [0.05, 0.1) is 6.61 Å². The summed E-state index contributed by atoms with van der Waals surface area (Å²) >= 11 is 1.41. The Hall–Kier alpha value is -3.26. The molecule has 1 aliphatic heterocycles. The number of fused-ring (bicyclic) bond motifs is 1. The fourth-order valence-electron chi connectivity index (χ4n) is 3.30. The number of amides is 2. The van der Waals surface area contributed by atoms with E-state index in [1.807, 2.05) is 18.2 Å². The van der Waals surface area contributed by atoms with Crippen LogP contribution in [-0.4, -0.2) is 23.4 Å². The normalized spacial score (nSPS) is 12.7. The molecule has 2 amide bonds. The van der Waals surface area contributed by atoms with Crippen molar-refractivity contribution in [2.45, 2.75) is 32.1 Å². The van der Waals surface area contributed by atoms with Crippen LogP contribution in [0.1, 0.15) is 35.3 Å². The zero-order valence-corrected chi connectivity index (χ0v) is 17.6. The number of nitrogens with one attached hydrogen (secondary N) is 2. The Kier molecular flexibility index (Phi) is 6.57. The van der Waals surface area contributed by atoms with Crippen molar-refractivity contribution < 1.29 is 18.7 Å². The van der Waals surface area contributed by atoms with E-state index in [0.29, 0.717) is 43.8 Å². The number of nitrogens with zero attached hydrogens (tertiary/aromatic N) is 1. The number of hydrogen-bond acceptors (Lipinski definition) is 5. The van der Waals surface area contributed by atoms with Crippen molar-refractivity contribution in [1.82, 2.24) is 4.98 Å². The summed E-state index contributed by atoms with van der Waals surface area (Å²) < 4.78 is 18.7. The van der Waals surface area contributed by atoms with Crippen LogP contribution in [0.25, 0.3) is 0 Å². The number of anilines is 2. The van der Waals surface area contributed by atoms with Crippen molar-refractivity contribution in [2.24, 2.45) is 0 Å². The minimum atomic E-state index is -0.259. The Morgan fingerprint density at radius 2 is 2.03 bits per heavy atom. The number of aromatic nitrogens is 1. The van der Waals surface area contributed by atoms with Gasteiger partial charge in [0.1, 0.15) is 11.6 Å². The van der Waals surface area contributed by atoms with Crippen molar-refractivity contribution in [3.63, 3.8) is 0 Å². The van der Waals surface area contributed by atoms with Crippen molar-refractivity contribution in [3.05, 3.63) is 70.5 Å². The first-order valence-electron chi connectivity index (χ1n) is 10.1. The second-order valence-electron chi connectivity index (χ2n) is 7.30. The monoisotopic (exact) mass is 439 g/mol. The lowest BCUT2D eigenvalue weighted by Crippen LogP contribution is -2.18. The smallest absolute Gasteiger partial charge is 0.226 e. The van der Waals surface area contributed by atoms with E-state index in [1.54, 1.807) is 18.3 Å². The minimum Gasteiger partial charge on any atom is -0.494 e. The molecule has 0 aliphatic carbocycles. The predicted octanol–water partition coefficient (Wildman–Crippen LogP) is 4.56. The van der Waals surface area contributed by atoms with Gasteiger partial charge in [-0.3, -0.25) is 9.59 Å². The number of carbonyl (C=O) groups is 2. The molecule has 2 aromatic carbocycles. The van der Waals surface area contributed by atoms with Crippen molar-refractivity contribution >= 4 is 34.0 Å². The van der Waals surface area contributed by atoms with Gasteiger partial charge in [-0.1, -0.05) is 12.1 Å². The fourth-order valence-corrected chi connectivity index (χ4v) is 4.17. The quantitative estimate of drug-likeness (QED) is 0.505. The van der Waals surface area contributed by atoms with Gasteiger partial charge in [-0.15, -0.1) is 11.3 Å². The summed E-state index contributed by atoms with van der Waals surface area (Å²) in [5, 5.41) is 6.21. The van der Waals surface area contributed by atoms with Crippen LogP contribution in [0, 0.1) is 5.82 Å². The van der Waals surface area contributed by atoms with Gasteiger partial charge < -0.3 is 15.4 Å². The maximum absolute atomic E-state index is 13.0. The number of aryl methyl sites for hydroxylation is 1. The van der Waals surface area contributed by atoms with E-state index >= 15 is 0 Å². The average Bonchev–Trinajstić information content (AvgIpc) is 3.19. The molecule has 160 valence electrons. The zero-order chi connectivity index (χ0) is 21.6. The Labute approximate surface area is 183 Å². The Morgan fingerprint density at radius 1 is 1.19 bits per heavy atom. The summed E-state index contributed by atoms with van der Waals surface area (Å²) in [5.74, 6) is 0.403. The number of ether oxygens (including phenoxy) is 1. The standard InChI is InChI=1S/C23H22FN3O3S/c24-17-6-3-15(4-7-17)12-19-14-25-23(31-19)27-21(28)2-1-11-30-18-8-9-20-16(13-18)5-10-22(29)26-20/h3-4,6-9,13-14H,1-2,5,10-12H2,(H,26,29)(H,25,27,28). The van der Waals surface area contributed by atoms with Crippen molar-refractivity contribution in [2.75, 3.05) is 17.2 Å². The molecule has 0 unspecified atom stereocenters. The summed E-state index contributed by atoms with van der Waals surface area (Å²) in [6.07, 6.45) is 4.47. The first-order valence-corrected chi connectivity index (χ1v) is 10.9. The molecule has 6 nitrogen and oxygen atoms in total. The summed E-state index contributed by atoms with van der Waals surface area (Å²) in [5.41, 5.74) is 2.89. The van der Waals surface area contributed by atoms with E-state index in [2.05, 4.69) is 15.6 Å². The highest BCUT2D eigenvalue weighted by Crippen LogP contribution is 2.27. The Balaban J connectivity index is 1.19. The van der Waals surface area contributed by atoms with Gasteiger partial charge in [-0.2, -0.15) is 0 Å². The molecule has 0 spiro atoms. The number of thiazole rings is 1. The maximum Gasteiger partial charge on any atom is 0.226 e. The third-order valence-electron chi connectivity index (χ3n) is 4.88. The molecular weight excluding hydrogens is 417 g/mol. The molecule has 1 aliphatic rings. The van der Waals surface area contributed by atoms with Crippen molar-refractivity contribution in [1.29, 1.82) is 0 Å². The van der Waals surface area contributed by atoms with E-state index in [-0.39, 0.29) is 17.6 Å². The van der Waals surface area contributed by atoms with Crippen molar-refractivity contribution in [3.8, 4) is 5.75 Å². The number of benzene rings is 2. The lowest BCUT2D eigenvalue weighted by molar-refractivity contribution is -0.117. The summed E-state index contributed by atoms with van der Waals surface area (Å²) in [6.45, 7) is 0.423. The van der Waals surface area contributed by atoms with E-state index in [4.69, 9.17) is 4.74 Å². The number of hydrogen-bond donors (Lipinski definition) is 2. The van der Waals surface area contributed by atoms with Crippen LogP contribution in [0.5, 0.6) is 5.75 Å². The second kappa shape index (κ2) is 9.70. The molecule has 4 rings (SSSR count). The van der Waals surface area contributed by atoms with Crippen LogP contribution in [0.3, 0.4) is 0 Å². The van der Waals surface area contributed by atoms with E-state index in [0.717, 1.165) is 27.4 Å². The number of carbonyl (C=O) groups excluding carboxylic acids is 2. The highest BCUT2D eigenvalue weighted by atomic mass is 32.1. The zero-order valence-electron chi connectivity index (χ0n) is 16.8. The molecule has 0 saturated heterocycles. The largest absolute Gasteiger partial charge is 0.494 e. The molecule has 0 bridgehead atoms. The van der Waals surface area contributed by atoms with Gasteiger partial charge in [-0.05, 0) is 54.3 Å². The average molecular weight is 440 g/mol. The maximum atomic E-state index is 13.0. The highest BCUT2D eigenvalue weighted by molar-refractivity contribution is 7.15. The van der Waals surface area contributed by atoms with Crippen LogP contribution in [0.4, 0.5) is 15.2 Å². The van der Waals surface area contributed by atoms with Crippen LogP contribution in [0.15, 0.2) is 48.7 Å². The summed E-state index contributed by atoms with van der Waals surface area (Å²) in [7, 11) is 0. The minimum absolute atomic E-state index is 0.0370. The van der Waals surface area contributed by atoms with Gasteiger partial charge in [0.25, 0.3) is 0 Å². The summed E-state index contributed by atoms with van der Waals surface area (Å²) in [6, 6.07) is 12.0. The molecule has 31 heavy (non-hydrogen) atoms. The number of halogens is 1. The van der Waals surface area contributed by atoms with Gasteiger partial charge >= 0.3 is 0 Å². The van der Waals surface area contributed by atoms with E-state index in [1.165, 1.54) is 23.5 Å². The molecule has 0 saturated carbocycles. The van der Waals surface area contributed by atoms with Gasteiger partial charge in [0, 0.05) is 36.0 Å². The first-order chi connectivity index (χ1) is 15.0. The van der Waals surface area contributed by atoms with Crippen LogP contribution < -0.4 is 15.4 Å². The Morgan fingerprint density at radius 3 is 2.87 bits per heavy atom. The third kappa shape index (κ3) is 5.88. The molecule has 0 atom stereocenters. The first kappa shape index (κ1) is 21.0. The van der Waals surface area contributed by atoms with Crippen LogP contribution >= 0.6 is 11.3 Å². The molecule has 1 aromatic heterocycles. The van der Waals surface area contributed by atoms with Gasteiger partial charge in [0.15, 0.2) is 5.13 Å². The van der Waals surface area contributed by atoms with E-state index in [9.17, 15) is 14.0 Å². The molecule has 0 radical (unpaired) electrons. The van der Waals surface area contributed by atoms with Gasteiger partial charge in [0.2, 0.25) is 11.8 Å².